The van der Waals surface area contributed by atoms with Gasteiger partial charge in [0.15, 0.2) is 62.3 Å². The van der Waals surface area contributed by atoms with Gasteiger partial charge in [0.25, 0.3) is 0 Å². The molecule has 5 aliphatic carbocycles. The number of aliphatic hydroxyl groups is 23. The van der Waals surface area contributed by atoms with Gasteiger partial charge in [0.2, 0.25) is 6.29 Å². The van der Waals surface area contributed by atoms with Crippen LogP contribution < -0.4 is 0 Å². The molecule has 23 N–H and O–H groups in total. The molecular weight excluding hydrogens is 1830 g/mol. The molecule has 8 heterocycles. The van der Waals surface area contributed by atoms with Crippen LogP contribution in [0.5, 0.6) is 0 Å². The number of fused-ring (bicyclic) bond motifs is 7. The van der Waals surface area contributed by atoms with Crippen LogP contribution >= 0.6 is 0 Å². The number of hydrogen-bond donors (Lipinski definition) is 23. The fraction of sp³-hybridized carbons (Fsp3) is 0.862. The van der Waals surface area contributed by atoms with Crippen molar-refractivity contribution >= 4 is 17.9 Å². The lowest BCUT2D eigenvalue weighted by Crippen LogP contribution is -2.69. The maximum absolute atomic E-state index is 16.6. The van der Waals surface area contributed by atoms with Crippen molar-refractivity contribution < 1.29 is 217 Å². The summed E-state index contributed by atoms with van der Waals surface area (Å²) in [5.74, 6) is -4.58. The molecule has 0 bridgehead atoms. The van der Waals surface area contributed by atoms with Crippen LogP contribution in [0.3, 0.4) is 0 Å². The summed E-state index contributed by atoms with van der Waals surface area (Å²) in [6.45, 7) is 22.2. The number of carbonyl (C=O) groups excluding carboxylic acids is 3. The Balaban J connectivity index is 0.770. The zero-order chi connectivity index (χ0) is 101. The fourth-order valence-electron chi connectivity index (χ4n) is 23.5. The van der Waals surface area contributed by atoms with E-state index in [1.807, 2.05) is 13.8 Å². The van der Waals surface area contributed by atoms with Crippen LogP contribution in [-0.4, -0.2) is 433 Å². The van der Waals surface area contributed by atoms with Crippen molar-refractivity contribution in [2.75, 3.05) is 52.9 Å². The fourth-order valence-corrected chi connectivity index (χ4v) is 23.5. The van der Waals surface area contributed by atoms with E-state index in [1.165, 1.54) is 52.0 Å². The summed E-state index contributed by atoms with van der Waals surface area (Å²) in [6.07, 6.45) is -56.4. The largest absolute Gasteiger partial charge is 0.452 e. The van der Waals surface area contributed by atoms with Gasteiger partial charge >= 0.3 is 17.9 Å². The molecule has 138 heavy (non-hydrogen) atoms. The Kier molecular flexibility index (Phi) is 35.3. The first-order valence-corrected chi connectivity index (χ1v) is 47.9. The second kappa shape index (κ2) is 43.9. The van der Waals surface area contributed by atoms with Gasteiger partial charge in [0.05, 0.1) is 99.6 Å². The van der Waals surface area contributed by atoms with Crippen molar-refractivity contribution in [2.24, 2.45) is 50.2 Å². The summed E-state index contributed by atoms with van der Waals surface area (Å²) >= 11 is 0. The Morgan fingerprint density at radius 1 is 0.442 bits per heavy atom. The van der Waals surface area contributed by atoms with Gasteiger partial charge in [-0.25, -0.2) is 9.59 Å². The van der Waals surface area contributed by atoms with Gasteiger partial charge in [-0.15, -0.1) is 13.2 Å². The van der Waals surface area contributed by atoms with Crippen molar-refractivity contribution in [2.45, 2.75) is 404 Å². The molecule has 788 valence electrons. The van der Waals surface area contributed by atoms with Crippen LogP contribution in [0, 0.1) is 50.2 Å². The second-order valence-electron chi connectivity index (χ2n) is 42.6. The lowest BCUT2D eigenvalue weighted by Gasteiger charge is -2.71. The normalized spacial score (nSPS) is 48.0. The zero-order valence-electron chi connectivity index (χ0n) is 79.7. The van der Waals surface area contributed by atoms with Crippen LogP contribution in [-0.2, 0) is 99.6 Å². The van der Waals surface area contributed by atoms with E-state index in [4.69, 9.17) is 85.3 Å². The van der Waals surface area contributed by atoms with Crippen molar-refractivity contribution in [3.63, 3.8) is 0 Å². The van der Waals surface area contributed by atoms with E-state index in [0.717, 1.165) is 5.57 Å². The SMILES string of the molecule is C=CC(C)(O)CC/C=C(\CO)C(=O)O[C@@H]1[C@@H](O)[C@H](C)O[C@@H](OC[C@H]2O[C@@H](OC(=O)[C@]34CCC(C)(C)C[C@H]3C3=CC[C@@H]5[C@@]6(C)CC[C@H](O[C@@H]7O[C@H](CO[C@@H]8OC[C@H](O)[C@H](O)[C@H]8O[C@@H]8OC[C@@H](O)[C@H](O)[C@H]8O)[C@@H](O)[C@H](O)[C@H]7O)C(C)(C)[C@@H]6CC[C@@]5(C)[C@]3(C)C[C@H]4O)[C@H](O[C@@H]3O[C@@H](C)[C@H](O[C@@H]4OC[C@@H](O)[C@H](O[C@@H]5OC[C@@H](O)[C@H](O)[C@H]5O)[C@H]4O)[C@@H](O)[C@H]3O)[C@@H](O)[C@@H]2O)[C@@H]1OC(=O)/C(=C/CCC(C)(O)C=C)CO. The number of esters is 3. The lowest BCUT2D eigenvalue weighted by atomic mass is 9.33. The zero-order valence-corrected chi connectivity index (χ0v) is 79.7. The van der Waals surface area contributed by atoms with E-state index in [-0.39, 0.29) is 55.9 Å². The first-order chi connectivity index (χ1) is 64.7. The van der Waals surface area contributed by atoms with E-state index in [0.29, 0.717) is 44.9 Å². The van der Waals surface area contributed by atoms with Gasteiger partial charge in [-0.3, -0.25) is 4.79 Å². The van der Waals surface area contributed by atoms with Gasteiger partial charge in [0.1, 0.15) is 146 Å². The molecule has 0 amide bonds. The first-order valence-electron chi connectivity index (χ1n) is 47.9. The van der Waals surface area contributed by atoms with E-state index < -0.39 is 359 Å². The van der Waals surface area contributed by atoms with Gasteiger partial charge in [-0.2, -0.15) is 0 Å². The molecule has 44 heteroatoms. The molecule has 8 saturated heterocycles. The molecule has 8 aliphatic heterocycles. The summed E-state index contributed by atoms with van der Waals surface area (Å²) < 4.78 is 109. The predicted molar refractivity (Wildman–Crippen MR) is 466 cm³/mol. The summed E-state index contributed by atoms with van der Waals surface area (Å²) in [7, 11) is 0. The number of hydrogen-bond acceptors (Lipinski definition) is 44. The Morgan fingerprint density at radius 2 is 0.906 bits per heavy atom. The maximum Gasteiger partial charge on any atom is 0.336 e. The number of aliphatic hydroxyl groups excluding tert-OH is 21. The highest BCUT2D eigenvalue weighted by atomic mass is 16.8. The van der Waals surface area contributed by atoms with Crippen molar-refractivity contribution in [3.05, 3.63) is 60.3 Å². The van der Waals surface area contributed by atoms with Crippen LogP contribution in [0.1, 0.15) is 160 Å². The smallest absolute Gasteiger partial charge is 0.336 e. The monoisotopic (exact) mass is 1980 g/mol. The highest BCUT2D eigenvalue weighted by Gasteiger charge is 2.73. The summed E-state index contributed by atoms with van der Waals surface area (Å²) in [5.41, 5.74) is -7.72. The highest BCUT2D eigenvalue weighted by molar-refractivity contribution is 5.90. The third-order valence-electron chi connectivity index (χ3n) is 32.5. The molecule has 0 aromatic heterocycles. The number of allylic oxidation sites excluding steroid dienone is 4. The maximum atomic E-state index is 16.6. The summed E-state index contributed by atoms with van der Waals surface area (Å²) in [4.78, 5) is 45.1. The Labute approximate surface area is 799 Å². The van der Waals surface area contributed by atoms with Gasteiger partial charge in [-0.1, -0.05) is 84.4 Å². The molecule has 0 aromatic carbocycles. The molecule has 44 nitrogen and oxygen atoms in total. The quantitative estimate of drug-likeness (QED) is 0.00988. The summed E-state index contributed by atoms with van der Waals surface area (Å²) in [6, 6.07) is 0. The van der Waals surface area contributed by atoms with E-state index in [9.17, 15) is 127 Å². The highest BCUT2D eigenvalue weighted by Crippen LogP contribution is 2.76. The molecule has 13 rings (SSSR count). The third-order valence-corrected chi connectivity index (χ3v) is 32.5. The van der Waals surface area contributed by atoms with Crippen LogP contribution in [0.15, 0.2) is 60.3 Å². The van der Waals surface area contributed by atoms with Gasteiger partial charge < -0.3 is 203 Å². The number of carbonyl (C=O) groups is 3. The standard InChI is InChI=1S/C94H148O44/c1-14-89(9,119)24-16-18-42(32-95)76(116)132-72-56(102)40(3)127-84(75(72)133-77(117)43(33-96)19-17-25-90(10,120)15-2)126-39-51-61(107)63(109)74(137-81-68(114)64(110)70(41(4)128-81)134-80-69(115)71(49(100)37-123-80)135-78-65(111)57(103)46(97)34-121-78)85(130-51)138-86(118)94-29-28-87(5,6)30-45(94)44-20-21-53-91(11)26-23-55(88(7,8)52(91)22-27-92(53,12)93(44,13)31-54(94)101)131-82-67(113)62(108)60(106)50(129-82)38-125-83-73(59(105)48(99)36-124-83)136-79-66(112)58(104)47(98)35-122-79/h14-15,18-20,40-41,45-75,78-85,95-115,119-120H,1-2,16-17,21-39H2,3-13H3/b42-18+,43-19+/t40-,41-,45-,46+,47+,48-,49+,50+,51+,52-,53+,54+,55-,56-,57-,58-,59-,60+,61+,62-,63-,64-,65+,66+,67+,68+,69+,70-,71-,72+,73+,74+,75+,78-,79-,80-,81-,82-,83-,84+,85-,89?,90?,91-,92+,93+,94+/m0/s1. The average molecular weight is 1980 g/mol. The van der Waals surface area contributed by atoms with Gasteiger partial charge in [-0.05, 0) is 156 Å². The van der Waals surface area contributed by atoms with Crippen molar-refractivity contribution in [1.82, 2.24) is 0 Å². The molecule has 2 unspecified atom stereocenters. The minimum Gasteiger partial charge on any atom is -0.452 e. The van der Waals surface area contributed by atoms with Crippen molar-refractivity contribution in [3.8, 4) is 0 Å². The molecule has 13 aliphatic rings. The van der Waals surface area contributed by atoms with Crippen LogP contribution in [0.2, 0.25) is 0 Å². The molecule has 4 saturated carbocycles. The predicted octanol–water partition coefficient (Wildman–Crippen LogP) is -4.78. The average Bonchev–Trinajstić information content (AvgIpc) is 0.668. The first kappa shape index (κ1) is 111. The Bertz CT molecular complexity index is 4210. The van der Waals surface area contributed by atoms with Crippen molar-refractivity contribution in [1.29, 1.82) is 0 Å². The van der Waals surface area contributed by atoms with Gasteiger partial charge in [0, 0.05) is 0 Å². The van der Waals surface area contributed by atoms with E-state index in [2.05, 4.69) is 53.9 Å². The minimum absolute atomic E-state index is 0.000285. The molecule has 0 aromatic rings. The van der Waals surface area contributed by atoms with Crippen LogP contribution in [0.4, 0.5) is 0 Å². The van der Waals surface area contributed by atoms with E-state index >= 15 is 4.79 Å². The number of ether oxygens (including phenoxy) is 18. The molecule has 12 fully saturated rings. The minimum atomic E-state index is -2.31. The molecule has 0 spiro atoms. The number of rotatable bonds is 32. The summed E-state index contributed by atoms with van der Waals surface area (Å²) in [5, 5.41) is 259. The van der Waals surface area contributed by atoms with Crippen LogP contribution in [0.25, 0.3) is 0 Å². The lowest BCUT2D eigenvalue weighted by molar-refractivity contribution is -0.381. The Hall–Kier alpha value is -4.41. The molecule has 47 atom stereocenters. The molecular formula is C94H148O44. The topological polar surface area (TPSA) is 683 Å². The van der Waals surface area contributed by atoms with E-state index in [1.54, 1.807) is 0 Å². The second-order valence-corrected chi connectivity index (χ2v) is 42.6. The Morgan fingerprint density at radius 3 is 1.48 bits per heavy atom. The molecule has 0 radical (unpaired) electrons. The third kappa shape index (κ3) is 22.1.